The lowest BCUT2D eigenvalue weighted by Gasteiger charge is -2.02. The molecule has 1 rings (SSSR count). The zero-order chi connectivity index (χ0) is 11.1. The van der Waals surface area contributed by atoms with E-state index in [0.717, 1.165) is 11.3 Å². The summed E-state index contributed by atoms with van der Waals surface area (Å²) >= 11 is 0. The number of rotatable bonds is 4. The summed E-state index contributed by atoms with van der Waals surface area (Å²) in [5.74, 6) is 0.735. The van der Waals surface area contributed by atoms with E-state index in [9.17, 15) is 4.79 Å². The van der Waals surface area contributed by atoms with Crippen LogP contribution in [0.2, 0.25) is 0 Å². The smallest absolute Gasteiger partial charge is 0.243 e. The van der Waals surface area contributed by atoms with Crippen molar-refractivity contribution in [3.05, 3.63) is 35.9 Å². The monoisotopic (exact) mass is 205 g/mol. The Bertz CT molecular complexity index is 341. The molecule has 1 aromatic rings. The highest BCUT2D eigenvalue weighted by molar-refractivity contribution is 5.91. The summed E-state index contributed by atoms with van der Waals surface area (Å²) in [6, 6.07) is 7.58. The summed E-state index contributed by atoms with van der Waals surface area (Å²) in [5, 5.41) is 2.52. The van der Waals surface area contributed by atoms with Gasteiger partial charge >= 0.3 is 0 Å². The van der Waals surface area contributed by atoms with Crippen molar-refractivity contribution in [1.29, 1.82) is 0 Å². The molecule has 0 bridgehead atoms. The summed E-state index contributed by atoms with van der Waals surface area (Å²) in [6.07, 6.45) is 3.25. The third kappa shape index (κ3) is 3.85. The fourth-order valence-corrected chi connectivity index (χ4v) is 1.10. The van der Waals surface area contributed by atoms with Crippen molar-refractivity contribution < 1.29 is 9.53 Å². The molecular formula is C12H15NO2. The van der Waals surface area contributed by atoms with Gasteiger partial charge in [-0.1, -0.05) is 12.1 Å². The van der Waals surface area contributed by atoms with Gasteiger partial charge in [0.15, 0.2) is 0 Å². The van der Waals surface area contributed by atoms with Gasteiger partial charge in [-0.05, 0) is 30.7 Å². The molecule has 3 heteroatoms. The fraction of sp³-hybridized carbons (Fsp3) is 0.250. The molecule has 0 aromatic heterocycles. The molecule has 1 aromatic carbocycles. The van der Waals surface area contributed by atoms with Crippen LogP contribution < -0.4 is 10.1 Å². The van der Waals surface area contributed by atoms with E-state index in [4.69, 9.17) is 4.74 Å². The van der Waals surface area contributed by atoms with Gasteiger partial charge in [-0.15, -0.1) is 0 Å². The van der Waals surface area contributed by atoms with Gasteiger partial charge in [0.1, 0.15) is 5.75 Å². The first-order valence-electron chi connectivity index (χ1n) is 4.89. The molecule has 1 N–H and O–H groups in total. The van der Waals surface area contributed by atoms with Crippen LogP contribution in [0, 0.1) is 0 Å². The Balaban J connectivity index is 2.64. The number of nitrogens with one attached hydrogen (secondary N) is 1. The predicted molar refractivity (Wildman–Crippen MR) is 60.7 cm³/mol. The van der Waals surface area contributed by atoms with Crippen LogP contribution in [-0.4, -0.2) is 19.6 Å². The first-order valence-corrected chi connectivity index (χ1v) is 4.89. The molecule has 0 aliphatic carbocycles. The SMILES string of the molecule is CCOc1ccc(/C=C\C(=O)NC)cc1. The average molecular weight is 205 g/mol. The number of carbonyl (C=O) groups excluding carboxylic acids is 1. The lowest BCUT2D eigenvalue weighted by atomic mass is 10.2. The third-order valence-electron chi connectivity index (χ3n) is 1.86. The van der Waals surface area contributed by atoms with E-state index in [1.165, 1.54) is 6.08 Å². The Kier molecular flexibility index (Phi) is 4.41. The summed E-state index contributed by atoms with van der Waals surface area (Å²) in [6.45, 7) is 2.60. The second-order valence-electron chi connectivity index (χ2n) is 2.95. The maximum atomic E-state index is 10.9. The van der Waals surface area contributed by atoms with Gasteiger partial charge in [0.25, 0.3) is 0 Å². The van der Waals surface area contributed by atoms with Crippen molar-refractivity contribution >= 4 is 12.0 Å². The molecule has 3 nitrogen and oxygen atoms in total. The summed E-state index contributed by atoms with van der Waals surface area (Å²) in [7, 11) is 1.60. The Morgan fingerprint density at radius 1 is 1.40 bits per heavy atom. The van der Waals surface area contributed by atoms with Crippen LogP contribution in [0.3, 0.4) is 0 Å². The number of likely N-dealkylation sites (N-methyl/N-ethyl adjacent to an activating group) is 1. The summed E-state index contributed by atoms with van der Waals surface area (Å²) in [4.78, 5) is 10.9. The molecule has 0 unspecified atom stereocenters. The summed E-state index contributed by atoms with van der Waals surface area (Å²) in [5.41, 5.74) is 0.974. The van der Waals surface area contributed by atoms with Gasteiger partial charge in [0.2, 0.25) is 5.91 Å². The molecule has 0 saturated carbocycles. The topological polar surface area (TPSA) is 38.3 Å². The van der Waals surface area contributed by atoms with E-state index in [1.54, 1.807) is 13.1 Å². The van der Waals surface area contributed by atoms with Crippen LogP contribution in [0.4, 0.5) is 0 Å². The Hall–Kier alpha value is -1.77. The maximum Gasteiger partial charge on any atom is 0.243 e. The van der Waals surface area contributed by atoms with E-state index >= 15 is 0 Å². The predicted octanol–water partition coefficient (Wildman–Crippen LogP) is 1.84. The Morgan fingerprint density at radius 3 is 2.60 bits per heavy atom. The molecule has 0 saturated heterocycles. The van der Waals surface area contributed by atoms with Gasteiger partial charge in [0, 0.05) is 13.1 Å². The molecule has 1 amide bonds. The highest BCUT2D eigenvalue weighted by Crippen LogP contribution is 2.12. The lowest BCUT2D eigenvalue weighted by molar-refractivity contribution is -0.115. The van der Waals surface area contributed by atoms with Crippen molar-refractivity contribution in [2.75, 3.05) is 13.7 Å². The molecule has 0 radical (unpaired) electrons. The largest absolute Gasteiger partial charge is 0.494 e. The number of ether oxygens (including phenoxy) is 1. The standard InChI is InChI=1S/C12H15NO2/c1-3-15-11-7-4-10(5-8-11)6-9-12(14)13-2/h4-9H,3H2,1-2H3,(H,13,14)/b9-6-. The molecule has 0 spiro atoms. The number of carbonyl (C=O) groups is 1. The molecule has 0 heterocycles. The fourth-order valence-electron chi connectivity index (χ4n) is 1.10. The Morgan fingerprint density at radius 2 is 2.07 bits per heavy atom. The second-order valence-corrected chi connectivity index (χ2v) is 2.95. The molecule has 0 aliphatic rings. The summed E-state index contributed by atoms with van der Waals surface area (Å²) < 4.78 is 5.30. The van der Waals surface area contributed by atoms with E-state index in [0.29, 0.717) is 6.61 Å². The maximum absolute atomic E-state index is 10.9. The minimum absolute atomic E-state index is 0.108. The van der Waals surface area contributed by atoms with E-state index < -0.39 is 0 Å². The van der Waals surface area contributed by atoms with Crippen LogP contribution in [0.15, 0.2) is 30.3 Å². The highest BCUT2D eigenvalue weighted by Gasteiger charge is 1.92. The minimum Gasteiger partial charge on any atom is -0.494 e. The molecule has 80 valence electrons. The van der Waals surface area contributed by atoms with Gasteiger partial charge < -0.3 is 10.1 Å². The first-order chi connectivity index (χ1) is 7.26. The van der Waals surface area contributed by atoms with Gasteiger partial charge in [-0.25, -0.2) is 0 Å². The molecule has 15 heavy (non-hydrogen) atoms. The van der Waals surface area contributed by atoms with Crippen LogP contribution in [0.25, 0.3) is 6.08 Å². The van der Waals surface area contributed by atoms with Crippen LogP contribution >= 0.6 is 0 Å². The number of hydrogen-bond donors (Lipinski definition) is 1. The molecule has 0 aliphatic heterocycles. The molecule has 0 atom stereocenters. The lowest BCUT2D eigenvalue weighted by Crippen LogP contribution is -2.13. The van der Waals surface area contributed by atoms with Gasteiger partial charge in [-0.2, -0.15) is 0 Å². The van der Waals surface area contributed by atoms with E-state index in [2.05, 4.69) is 5.32 Å². The van der Waals surface area contributed by atoms with Crippen LogP contribution in [0.1, 0.15) is 12.5 Å². The normalized spacial score (nSPS) is 10.3. The number of benzene rings is 1. The molecular weight excluding hydrogens is 190 g/mol. The van der Waals surface area contributed by atoms with Crippen molar-refractivity contribution in [3.63, 3.8) is 0 Å². The molecule has 0 fully saturated rings. The number of hydrogen-bond acceptors (Lipinski definition) is 2. The van der Waals surface area contributed by atoms with Crippen molar-refractivity contribution in [1.82, 2.24) is 5.32 Å². The van der Waals surface area contributed by atoms with Crippen molar-refractivity contribution in [3.8, 4) is 5.75 Å². The van der Waals surface area contributed by atoms with Gasteiger partial charge in [-0.3, -0.25) is 4.79 Å². The minimum atomic E-state index is -0.108. The van der Waals surface area contributed by atoms with Gasteiger partial charge in [0.05, 0.1) is 6.61 Å². The average Bonchev–Trinajstić information content (AvgIpc) is 2.28. The van der Waals surface area contributed by atoms with Crippen molar-refractivity contribution in [2.45, 2.75) is 6.92 Å². The van der Waals surface area contributed by atoms with Crippen LogP contribution in [-0.2, 0) is 4.79 Å². The zero-order valence-electron chi connectivity index (χ0n) is 8.99. The second kappa shape index (κ2) is 5.86. The van der Waals surface area contributed by atoms with Crippen LogP contribution in [0.5, 0.6) is 5.75 Å². The third-order valence-corrected chi connectivity index (χ3v) is 1.86. The zero-order valence-corrected chi connectivity index (χ0v) is 8.99. The quantitative estimate of drug-likeness (QED) is 0.762. The highest BCUT2D eigenvalue weighted by atomic mass is 16.5. The Labute approximate surface area is 89.8 Å². The first kappa shape index (κ1) is 11.3. The van der Waals surface area contributed by atoms with E-state index in [1.807, 2.05) is 31.2 Å². The van der Waals surface area contributed by atoms with E-state index in [-0.39, 0.29) is 5.91 Å². The number of amides is 1. The van der Waals surface area contributed by atoms with Crippen molar-refractivity contribution in [2.24, 2.45) is 0 Å².